The molecule has 0 N–H and O–H groups in total. The van der Waals surface area contributed by atoms with E-state index in [0.29, 0.717) is 17.7 Å². The lowest BCUT2D eigenvalue weighted by Crippen LogP contribution is -2.50. The molecular formula is C23H26N2O3. The molecule has 2 aromatic rings. The van der Waals surface area contributed by atoms with E-state index in [1.54, 1.807) is 6.08 Å². The van der Waals surface area contributed by atoms with Crippen molar-refractivity contribution < 1.29 is 14.3 Å². The lowest BCUT2D eigenvalue weighted by Gasteiger charge is -2.44. The van der Waals surface area contributed by atoms with Crippen LogP contribution in [0.3, 0.4) is 0 Å². The van der Waals surface area contributed by atoms with Gasteiger partial charge in [-0.25, -0.2) is 9.78 Å². The van der Waals surface area contributed by atoms with Crippen molar-refractivity contribution in [3.63, 3.8) is 0 Å². The molecule has 5 heteroatoms. The Bertz CT molecular complexity index is 890. The summed E-state index contributed by atoms with van der Waals surface area (Å²) < 4.78 is 5.20. The van der Waals surface area contributed by atoms with Crippen molar-refractivity contribution in [3.05, 3.63) is 48.2 Å². The van der Waals surface area contributed by atoms with E-state index in [4.69, 9.17) is 4.74 Å². The summed E-state index contributed by atoms with van der Waals surface area (Å²) in [6.07, 6.45) is 9.98. The number of aromatic nitrogens is 1. The Balaban J connectivity index is 1.32. The van der Waals surface area contributed by atoms with Crippen molar-refractivity contribution in [3.8, 4) is 0 Å². The summed E-state index contributed by atoms with van der Waals surface area (Å²) in [4.78, 5) is 31.1. The van der Waals surface area contributed by atoms with Crippen LogP contribution in [0.25, 0.3) is 17.0 Å². The van der Waals surface area contributed by atoms with Crippen LogP contribution >= 0.6 is 0 Å². The molecular weight excluding hydrogens is 352 g/mol. The molecule has 5 nitrogen and oxygen atoms in total. The quantitative estimate of drug-likeness (QED) is 0.597. The lowest BCUT2D eigenvalue weighted by atomic mass is 9.78. The molecule has 0 spiro atoms. The van der Waals surface area contributed by atoms with Crippen LogP contribution in [0, 0.1) is 5.92 Å². The van der Waals surface area contributed by atoms with Crippen LogP contribution in [-0.2, 0) is 14.3 Å². The van der Waals surface area contributed by atoms with Crippen LogP contribution in [0.2, 0.25) is 0 Å². The van der Waals surface area contributed by atoms with Crippen molar-refractivity contribution in [2.75, 3.05) is 13.2 Å². The lowest BCUT2D eigenvalue weighted by molar-refractivity contribution is -0.151. The minimum atomic E-state index is -0.513. The summed E-state index contributed by atoms with van der Waals surface area (Å²) in [5, 5.41) is 1.05. The molecule has 0 bridgehead atoms. The molecule has 2 fully saturated rings. The third-order valence-corrected chi connectivity index (χ3v) is 5.91. The van der Waals surface area contributed by atoms with Gasteiger partial charge in [0.15, 0.2) is 6.61 Å². The highest BCUT2D eigenvalue weighted by Crippen LogP contribution is 2.35. The van der Waals surface area contributed by atoms with Gasteiger partial charge in [0.2, 0.25) is 0 Å². The van der Waals surface area contributed by atoms with Gasteiger partial charge in [0.25, 0.3) is 5.91 Å². The first-order valence-electron chi connectivity index (χ1n) is 10.2. The normalized spacial score (nSPS) is 22.2. The van der Waals surface area contributed by atoms with E-state index in [9.17, 15) is 9.59 Å². The van der Waals surface area contributed by atoms with E-state index >= 15 is 0 Å². The monoisotopic (exact) mass is 378 g/mol. The van der Waals surface area contributed by atoms with Gasteiger partial charge < -0.3 is 9.64 Å². The number of rotatable bonds is 4. The highest BCUT2D eigenvalue weighted by molar-refractivity contribution is 5.89. The number of amides is 1. The summed E-state index contributed by atoms with van der Waals surface area (Å²) >= 11 is 0. The number of benzene rings is 1. The maximum atomic E-state index is 12.6. The average molecular weight is 378 g/mol. The fraction of sp³-hybridized carbons (Fsp3) is 0.435. The topological polar surface area (TPSA) is 59.5 Å². The van der Waals surface area contributed by atoms with Gasteiger partial charge in [-0.2, -0.15) is 0 Å². The Kier molecular flexibility index (Phi) is 5.70. The first kappa shape index (κ1) is 18.7. The Morgan fingerprint density at radius 1 is 1.07 bits per heavy atom. The van der Waals surface area contributed by atoms with Gasteiger partial charge >= 0.3 is 5.97 Å². The van der Waals surface area contributed by atoms with Gasteiger partial charge in [0.05, 0.1) is 11.2 Å². The SMILES string of the molecule is O=C(/C=C/c1ccc2ccccc2n1)OCC(=O)N1CCC[C@@H]2CCCC[C@H]21. The number of hydrogen-bond acceptors (Lipinski definition) is 4. The van der Waals surface area contributed by atoms with E-state index in [-0.39, 0.29) is 12.5 Å². The standard InChI is InChI=1S/C23H26N2O3/c26-22(25-15-5-8-18-7-2-4-10-21(18)25)16-28-23(27)14-13-19-12-11-17-6-1-3-9-20(17)24-19/h1,3,6,9,11-14,18,21H,2,4-5,7-8,10,15-16H2/b14-13+/t18-,21+/m0/s1. The molecule has 0 unspecified atom stereocenters. The van der Waals surface area contributed by atoms with Crippen LogP contribution in [0.1, 0.15) is 44.2 Å². The molecule has 1 aromatic heterocycles. The Hall–Kier alpha value is -2.69. The van der Waals surface area contributed by atoms with E-state index in [2.05, 4.69) is 4.98 Å². The predicted octanol–water partition coefficient (Wildman–Crippen LogP) is 3.97. The largest absolute Gasteiger partial charge is 0.452 e. The van der Waals surface area contributed by atoms with Crippen LogP contribution in [-0.4, -0.2) is 41.0 Å². The second-order valence-electron chi connectivity index (χ2n) is 7.71. The zero-order chi connectivity index (χ0) is 19.3. The molecule has 1 aliphatic carbocycles. The van der Waals surface area contributed by atoms with Gasteiger partial charge in [-0.1, -0.05) is 37.1 Å². The third kappa shape index (κ3) is 4.24. The number of carbonyl (C=O) groups excluding carboxylic acids is 2. The van der Waals surface area contributed by atoms with Crippen LogP contribution < -0.4 is 0 Å². The number of pyridine rings is 1. The highest BCUT2D eigenvalue weighted by atomic mass is 16.5. The van der Waals surface area contributed by atoms with Crippen molar-refractivity contribution in [1.82, 2.24) is 9.88 Å². The molecule has 28 heavy (non-hydrogen) atoms. The van der Waals surface area contributed by atoms with E-state index < -0.39 is 5.97 Å². The van der Waals surface area contributed by atoms with Crippen molar-refractivity contribution in [2.45, 2.75) is 44.6 Å². The fourth-order valence-corrected chi connectivity index (χ4v) is 4.53. The smallest absolute Gasteiger partial charge is 0.331 e. The van der Waals surface area contributed by atoms with Gasteiger partial charge in [-0.15, -0.1) is 0 Å². The van der Waals surface area contributed by atoms with E-state index in [1.807, 2.05) is 41.3 Å². The summed E-state index contributed by atoms with van der Waals surface area (Å²) in [6, 6.07) is 12.0. The third-order valence-electron chi connectivity index (χ3n) is 5.91. The van der Waals surface area contributed by atoms with Crippen LogP contribution in [0.5, 0.6) is 0 Å². The first-order chi connectivity index (χ1) is 13.7. The Morgan fingerprint density at radius 2 is 1.89 bits per heavy atom. The molecule has 0 radical (unpaired) electrons. The van der Waals surface area contributed by atoms with Crippen LogP contribution in [0.4, 0.5) is 0 Å². The Labute approximate surface area is 165 Å². The van der Waals surface area contributed by atoms with Crippen molar-refractivity contribution >= 4 is 28.9 Å². The maximum Gasteiger partial charge on any atom is 0.331 e. The number of piperidine rings is 1. The molecule has 4 rings (SSSR count). The molecule has 1 aromatic carbocycles. The van der Waals surface area contributed by atoms with Crippen molar-refractivity contribution in [2.24, 2.45) is 5.92 Å². The van der Waals surface area contributed by atoms with Gasteiger partial charge in [0, 0.05) is 24.0 Å². The molecule has 2 heterocycles. The van der Waals surface area contributed by atoms with Gasteiger partial charge in [0.1, 0.15) is 0 Å². The second-order valence-corrected chi connectivity index (χ2v) is 7.71. The number of fused-ring (bicyclic) bond motifs is 2. The number of nitrogens with zero attached hydrogens (tertiary/aromatic N) is 2. The van der Waals surface area contributed by atoms with Crippen molar-refractivity contribution in [1.29, 1.82) is 0 Å². The molecule has 1 amide bonds. The number of likely N-dealkylation sites (tertiary alicyclic amines) is 1. The summed E-state index contributed by atoms with van der Waals surface area (Å²) in [6.45, 7) is 0.603. The number of esters is 1. The molecule has 146 valence electrons. The number of para-hydroxylation sites is 1. The molecule has 2 atom stereocenters. The predicted molar refractivity (Wildman–Crippen MR) is 108 cm³/mol. The van der Waals surface area contributed by atoms with Gasteiger partial charge in [-0.3, -0.25) is 4.79 Å². The summed E-state index contributed by atoms with van der Waals surface area (Å²) in [5.41, 5.74) is 1.56. The van der Waals surface area contributed by atoms with E-state index in [1.165, 1.54) is 31.8 Å². The zero-order valence-corrected chi connectivity index (χ0v) is 16.0. The molecule has 1 saturated heterocycles. The van der Waals surface area contributed by atoms with Crippen LogP contribution in [0.15, 0.2) is 42.5 Å². The average Bonchev–Trinajstić information content (AvgIpc) is 2.75. The zero-order valence-electron chi connectivity index (χ0n) is 16.0. The minimum absolute atomic E-state index is 0.0674. The van der Waals surface area contributed by atoms with Gasteiger partial charge in [-0.05, 0) is 49.8 Å². The molecule has 1 saturated carbocycles. The molecule has 2 aliphatic rings. The maximum absolute atomic E-state index is 12.6. The Morgan fingerprint density at radius 3 is 2.82 bits per heavy atom. The second kappa shape index (κ2) is 8.55. The highest BCUT2D eigenvalue weighted by Gasteiger charge is 2.35. The molecule has 1 aliphatic heterocycles. The first-order valence-corrected chi connectivity index (χ1v) is 10.2. The number of ether oxygens (including phenoxy) is 1. The minimum Gasteiger partial charge on any atom is -0.452 e. The fourth-order valence-electron chi connectivity index (χ4n) is 4.53. The summed E-state index contributed by atoms with van der Waals surface area (Å²) in [5.74, 6) is 0.0451. The number of carbonyl (C=O) groups is 2. The number of hydrogen-bond donors (Lipinski definition) is 0. The summed E-state index contributed by atoms with van der Waals surface area (Å²) in [7, 11) is 0. The van der Waals surface area contributed by atoms with E-state index in [0.717, 1.165) is 30.3 Å².